The monoisotopic (exact) mass is 622 g/mol. The molecule has 2 fully saturated rings. The molecule has 0 saturated heterocycles. The highest BCUT2D eigenvalue weighted by molar-refractivity contribution is 7.92. The second kappa shape index (κ2) is 9.96. The molecule has 3 aromatic carbocycles. The third kappa shape index (κ3) is 4.75. The topological polar surface area (TPSA) is 86.7 Å². The van der Waals surface area contributed by atoms with Crippen LogP contribution in [0.1, 0.15) is 54.4 Å². The smallest absolute Gasteiger partial charge is 0.380 e. The molecule has 1 unspecified atom stereocenters. The van der Waals surface area contributed by atoms with Gasteiger partial charge >= 0.3 is 6.18 Å². The van der Waals surface area contributed by atoms with E-state index >= 15 is 0 Å². The van der Waals surface area contributed by atoms with Crippen molar-refractivity contribution >= 4 is 38.9 Å². The molecule has 1 aliphatic heterocycles. The van der Waals surface area contributed by atoms with Crippen molar-refractivity contribution < 1.29 is 35.9 Å². The standard InChI is InChI=1S/C30H27ClF4N2O4S/c31-20-2-1-3-22(17-20)36-27(38)19-6-11-25-24(16-19)28(12-14-29(39,15-13-28)30(33,34)35)26(18-4-5-18)37(25)42(40,41)23-9-7-21(32)8-10-23/h1-3,6-11,16-18,26,39H,4-5,12-15H2,(H,36,38). The van der Waals surface area contributed by atoms with Gasteiger partial charge in [-0.2, -0.15) is 13.2 Å². The van der Waals surface area contributed by atoms with E-state index in [0.717, 1.165) is 24.3 Å². The van der Waals surface area contributed by atoms with Crippen LogP contribution < -0.4 is 9.62 Å². The summed E-state index contributed by atoms with van der Waals surface area (Å²) in [6.45, 7) is 0. The first kappa shape index (κ1) is 28.9. The van der Waals surface area contributed by atoms with Crippen LogP contribution in [-0.4, -0.2) is 37.3 Å². The summed E-state index contributed by atoms with van der Waals surface area (Å²) in [5.74, 6) is -1.24. The van der Waals surface area contributed by atoms with E-state index in [1.54, 1.807) is 30.3 Å². The lowest BCUT2D eigenvalue weighted by Crippen LogP contribution is -2.56. The maximum atomic E-state index is 14.1. The zero-order valence-corrected chi connectivity index (χ0v) is 23.7. The number of hydrogen-bond donors (Lipinski definition) is 2. The van der Waals surface area contributed by atoms with Gasteiger partial charge in [-0.3, -0.25) is 9.10 Å². The molecule has 2 N–H and O–H groups in total. The van der Waals surface area contributed by atoms with E-state index in [9.17, 15) is 35.9 Å². The second-order valence-electron chi connectivity index (χ2n) is 11.4. The summed E-state index contributed by atoms with van der Waals surface area (Å²) in [5, 5.41) is 13.7. The highest BCUT2D eigenvalue weighted by Gasteiger charge is 2.65. The summed E-state index contributed by atoms with van der Waals surface area (Å²) in [6, 6.07) is 14.7. The molecule has 0 bridgehead atoms. The summed E-state index contributed by atoms with van der Waals surface area (Å²) >= 11 is 6.04. The van der Waals surface area contributed by atoms with Crippen molar-refractivity contribution in [3.63, 3.8) is 0 Å². The zero-order valence-electron chi connectivity index (χ0n) is 22.2. The molecule has 2 aliphatic carbocycles. The van der Waals surface area contributed by atoms with Gasteiger partial charge in [-0.05, 0) is 111 Å². The van der Waals surface area contributed by atoms with E-state index in [1.165, 1.54) is 16.4 Å². The molecule has 6 rings (SSSR count). The van der Waals surface area contributed by atoms with Crippen molar-refractivity contribution in [1.29, 1.82) is 0 Å². The van der Waals surface area contributed by atoms with Crippen LogP contribution >= 0.6 is 11.6 Å². The van der Waals surface area contributed by atoms with E-state index < -0.39 is 57.8 Å². The minimum absolute atomic E-state index is 0.131. The molecule has 1 spiro atoms. The van der Waals surface area contributed by atoms with Crippen molar-refractivity contribution in [2.45, 2.75) is 66.7 Å². The summed E-state index contributed by atoms with van der Waals surface area (Å²) in [6.07, 6.45) is -4.96. The van der Waals surface area contributed by atoms with Crippen molar-refractivity contribution in [3.05, 3.63) is 88.7 Å². The molecule has 3 aromatic rings. The SMILES string of the molecule is O=C(Nc1cccc(Cl)c1)c1ccc2c(c1)C1(CCC(O)(C(F)(F)F)CC1)C(C1CC1)N2S(=O)(=O)c1ccc(F)cc1. The van der Waals surface area contributed by atoms with Crippen molar-refractivity contribution in [1.82, 2.24) is 0 Å². The molecule has 2 saturated carbocycles. The number of anilines is 2. The molecule has 12 heteroatoms. The Bertz CT molecular complexity index is 1650. The molecule has 1 amide bonds. The van der Waals surface area contributed by atoms with Gasteiger partial charge in [0.1, 0.15) is 5.82 Å². The Kier molecular flexibility index (Phi) is 6.86. The molecular formula is C30H27ClF4N2O4S. The number of amides is 1. The van der Waals surface area contributed by atoms with Gasteiger partial charge in [0.05, 0.1) is 16.6 Å². The van der Waals surface area contributed by atoms with Crippen LogP contribution in [0.5, 0.6) is 0 Å². The predicted molar refractivity (Wildman–Crippen MR) is 150 cm³/mol. The van der Waals surface area contributed by atoms with Crippen molar-refractivity contribution in [2.75, 3.05) is 9.62 Å². The maximum Gasteiger partial charge on any atom is 0.417 e. The third-order valence-corrected chi connectivity index (χ3v) is 10.9. The average molecular weight is 623 g/mol. The number of fused-ring (bicyclic) bond motifs is 2. The Morgan fingerprint density at radius 1 is 0.976 bits per heavy atom. The largest absolute Gasteiger partial charge is 0.417 e. The Labute approximate surface area is 245 Å². The summed E-state index contributed by atoms with van der Waals surface area (Å²) in [4.78, 5) is 13.1. The van der Waals surface area contributed by atoms with Gasteiger partial charge in [0.2, 0.25) is 0 Å². The number of nitrogens with one attached hydrogen (secondary N) is 1. The minimum atomic E-state index is -4.84. The average Bonchev–Trinajstić information content (AvgIpc) is 3.73. The molecule has 222 valence electrons. The van der Waals surface area contributed by atoms with Gasteiger partial charge in [0, 0.05) is 21.7 Å². The number of alkyl halides is 3. The van der Waals surface area contributed by atoms with Crippen LogP contribution in [0.25, 0.3) is 0 Å². The lowest BCUT2D eigenvalue weighted by Gasteiger charge is -2.47. The fraction of sp³-hybridized carbons (Fsp3) is 0.367. The number of halogens is 5. The first-order chi connectivity index (χ1) is 19.7. The molecule has 0 aromatic heterocycles. The minimum Gasteiger partial charge on any atom is -0.380 e. The molecule has 3 aliphatic rings. The number of benzene rings is 3. The summed E-state index contributed by atoms with van der Waals surface area (Å²) in [7, 11) is -4.28. The Balaban J connectivity index is 1.47. The second-order valence-corrected chi connectivity index (χ2v) is 13.7. The number of aliphatic hydroxyl groups is 1. The molecular weight excluding hydrogens is 596 g/mol. The molecule has 6 nitrogen and oxygen atoms in total. The van der Waals surface area contributed by atoms with Gasteiger partial charge in [-0.1, -0.05) is 17.7 Å². The fourth-order valence-corrected chi connectivity index (χ4v) is 8.57. The van der Waals surface area contributed by atoms with E-state index in [1.807, 2.05) is 0 Å². The van der Waals surface area contributed by atoms with Gasteiger partial charge in [-0.25, -0.2) is 12.8 Å². The van der Waals surface area contributed by atoms with Crippen LogP contribution in [0.4, 0.5) is 28.9 Å². The number of sulfonamides is 1. The highest BCUT2D eigenvalue weighted by Crippen LogP contribution is 2.62. The van der Waals surface area contributed by atoms with E-state index in [-0.39, 0.29) is 34.9 Å². The van der Waals surface area contributed by atoms with Crippen LogP contribution in [0.15, 0.2) is 71.6 Å². The quantitative estimate of drug-likeness (QED) is 0.306. The highest BCUT2D eigenvalue weighted by atomic mass is 35.5. The maximum absolute atomic E-state index is 14.1. The van der Waals surface area contributed by atoms with Gasteiger partial charge < -0.3 is 10.4 Å². The van der Waals surface area contributed by atoms with Crippen molar-refractivity contribution in [2.24, 2.45) is 5.92 Å². The Morgan fingerprint density at radius 3 is 2.24 bits per heavy atom. The van der Waals surface area contributed by atoms with Crippen LogP contribution in [0.2, 0.25) is 5.02 Å². The van der Waals surface area contributed by atoms with Gasteiger partial charge in [0.25, 0.3) is 15.9 Å². The third-order valence-electron chi connectivity index (χ3n) is 8.87. The number of hydrogen-bond acceptors (Lipinski definition) is 4. The van der Waals surface area contributed by atoms with Crippen LogP contribution in [0.3, 0.4) is 0 Å². The first-order valence-electron chi connectivity index (χ1n) is 13.6. The molecule has 1 heterocycles. The summed E-state index contributed by atoms with van der Waals surface area (Å²) in [5.41, 5.74) is -2.61. The lowest BCUT2D eigenvalue weighted by atomic mass is 9.61. The number of carbonyl (C=O) groups excluding carboxylic acids is 1. The zero-order chi connectivity index (χ0) is 30.1. The van der Waals surface area contributed by atoms with Gasteiger partial charge in [0.15, 0.2) is 5.60 Å². The fourth-order valence-electron chi connectivity index (χ4n) is 6.58. The lowest BCUT2D eigenvalue weighted by molar-refractivity contribution is -0.273. The van der Waals surface area contributed by atoms with Gasteiger partial charge in [-0.15, -0.1) is 0 Å². The van der Waals surface area contributed by atoms with E-state index in [2.05, 4.69) is 5.32 Å². The van der Waals surface area contributed by atoms with E-state index in [4.69, 9.17) is 11.6 Å². The normalized spacial score (nSPS) is 25.9. The van der Waals surface area contributed by atoms with Crippen LogP contribution in [0, 0.1) is 11.7 Å². The Hall–Kier alpha value is -3.15. The van der Waals surface area contributed by atoms with E-state index in [0.29, 0.717) is 29.1 Å². The summed E-state index contributed by atoms with van der Waals surface area (Å²) < 4.78 is 84.8. The van der Waals surface area contributed by atoms with Crippen LogP contribution in [-0.2, 0) is 15.4 Å². The number of nitrogens with zero attached hydrogens (tertiary/aromatic N) is 1. The molecule has 42 heavy (non-hydrogen) atoms. The first-order valence-corrected chi connectivity index (χ1v) is 15.4. The Morgan fingerprint density at radius 2 is 1.64 bits per heavy atom. The number of carbonyl (C=O) groups is 1. The predicted octanol–water partition coefficient (Wildman–Crippen LogP) is 6.82. The molecule has 0 radical (unpaired) electrons. The molecule has 1 atom stereocenters. The van der Waals surface area contributed by atoms with Crippen molar-refractivity contribution in [3.8, 4) is 0 Å². The number of rotatable bonds is 5.